The molecule has 0 saturated carbocycles. The van der Waals surface area contributed by atoms with Crippen molar-refractivity contribution in [1.29, 1.82) is 0 Å². The number of hydrogen-bond acceptors (Lipinski definition) is 4. The molecule has 1 saturated heterocycles. The van der Waals surface area contributed by atoms with E-state index in [4.69, 9.17) is 0 Å². The normalized spacial score (nSPS) is 18.2. The SMILES string of the molecule is Cc1ccsc1-c1ccc(C(=O)NCCN2CCCC[C@@H]2CO)cc1. The predicted octanol–water partition coefficient (Wildman–Crippen LogP) is 3.30. The Kier molecular flexibility index (Phi) is 6.24. The maximum atomic E-state index is 12.3. The molecular formula is C20H26N2O2S. The van der Waals surface area contributed by atoms with Gasteiger partial charge >= 0.3 is 0 Å². The van der Waals surface area contributed by atoms with Crippen LogP contribution in [0.1, 0.15) is 35.2 Å². The zero-order valence-corrected chi connectivity index (χ0v) is 15.5. The predicted molar refractivity (Wildman–Crippen MR) is 103 cm³/mol. The summed E-state index contributed by atoms with van der Waals surface area (Å²) < 4.78 is 0. The Morgan fingerprint density at radius 2 is 2.08 bits per heavy atom. The second kappa shape index (κ2) is 8.61. The number of aliphatic hydroxyl groups is 1. The van der Waals surface area contributed by atoms with Crippen molar-refractivity contribution < 1.29 is 9.90 Å². The van der Waals surface area contributed by atoms with Crippen molar-refractivity contribution in [3.63, 3.8) is 0 Å². The Labute approximate surface area is 153 Å². The van der Waals surface area contributed by atoms with E-state index in [9.17, 15) is 9.90 Å². The fourth-order valence-corrected chi connectivity index (χ4v) is 4.35. The lowest BCUT2D eigenvalue weighted by Gasteiger charge is -2.34. The summed E-state index contributed by atoms with van der Waals surface area (Å²) in [5.41, 5.74) is 3.11. The highest BCUT2D eigenvalue weighted by Crippen LogP contribution is 2.29. The number of thiophene rings is 1. The molecule has 1 amide bonds. The van der Waals surface area contributed by atoms with E-state index in [2.05, 4.69) is 28.6 Å². The van der Waals surface area contributed by atoms with Crippen molar-refractivity contribution in [1.82, 2.24) is 10.2 Å². The molecule has 2 heterocycles. The van der Waals surface area contributed by atoms with Crippen LogP contribution in [0.5, 0.6) is 0 Å². The second-order valence-corrected chi connectivity index (χ2v) is 7.55. The van der Waals surface area contributed by atoms with Crippen LogP contribution in [0.2, 0.25) is 0 Å². The lowest BCUT2D eigenvalue weighted by Crippen LogP contribution is -2.45. The third-order valence-electron chi connectivity index (χ3n) is 4.92. The molecule has 0 bridgehead atoms. The maximum Gasteiger partial charge on any atom is 0.251 e. The van der Waals surface area contributed by atoms with Gasteiger partial charge in [0.15, 0.2) is 0 Å². The van der Waals surface area contributed by atoms with Gasteiger partial charge in [0.1, 0.15) is 0 Å². The quantitative estimate of drug-likeness (QED) is 0.833. The molecule has 3 rings (SSSR count). The molecule has 1 aromatic carbocycles. The lowest BCUT2D eigenvalue weighted by atomic mass is 10.0. The van der Waals surface area contributed by atoms with E-state index in [1.807, 2.05) is 24.3 Å². The van der Waals surface area contributed by atoms with E-state index < -0.39 is 0 Å². The Morgan fingerprint density at radius 1 is 1.28 bits per heavy atom. The van der Waals surface area contributed by atoms with E-state index >= 15 is 0 Å². The van der Waals surface area contributed by atoms with E-state index in [1.165, 1.54) is 23.3 Å². The van der Waals surface area contributed by atoms with Crippen molar-refractivity contribution in [3.8, 4) is 10.4 Å². The minimum absolute atomic E-state index is 0.0352. The molecule has 134 valence electrons. The number of amides is 1. The molecule has 25 heavy (non-hydrogen) atoms. The Balaban J connectivity index is 1.52. The van der Waals surface area contributed by atoms with E-state index in [0.29, 0.717) is 12.1 Å². The number of aryl methyl sites for hydroxylation is 1. The summed E-state index contributed by atoms with van der Waals surface area (Å²) in [6.45, 7) is 4.73. The molecule has 0 unspecified atom stereocenters. The summed E-state index contributed by atoms with van der Waals surface area (Å²) in [4.78, 5) is 15.9. The number of nitrogens with zero attached hydrogens (tertiary/aromatic N) is 1. The largest absolute Gasteiger partial charge is 0.395 e. The number of rotatable bonds is 6. The van der Waals surface area contributed by atoms with Gasteiger partial charge < -0.3 is 10.4 Å². The fraction of sp³-hybridized carbons (Fsp3) is 0.450. The number of nitrogens with one attached hydrogen (secondary N) is 1. The zero-order chi connectivity index (χ0) is 17.6. The Hall–Kier alpha value is -1.69. The van der Waals surface area contributed by atoms with Crippen LogP contribution in [0.3, 0.4) is 0 Å². The minimum Gasteiger partial charge on any atom is -0.395 e. The number of likely N-dealkylation sites (tertiary alicyclic amines) is 1. The van der Waals surface area contributed by atoms with Gasteiger partial charge in [0.2, 0.25) is 0 Å². The highest BCUT2D eigenvalue weighted by molar-refractivity contribution is 7.13. The summed E-state index contributed by atoms with van der Waals surface area (Å²) in [5.74, 6) is -0.0352. The second-order valence-electron chi connectivity index (χ2n) is 6.63. The van der Waals surface area contributed by atoms with Crippen LogP contribution in [0, 0.1) is 6.92 Å². The lowest BCUT2D eigenvalue weighted by molar-refractivity contribution is 0.0849. The Morgan fingerprint density at radius 3 is 2.76 bits per heavy atom. The van der Waals surface area contributed by atoms with Crippen LogP contribution in [-0.4, -0.2) is 48.2 Å². The van der Waals surface area contributed by atoms with Gasteiger partial charge in [0, 0.05) is 29.6 Å². The summed E-state index contributed by atoms with van der Waals surface area (Å²) >= 11 is 1.72. The highest BCUT2D eigenvalue weighted by atomic mass is 32.1. The van der Waals surface area contributed by atoms with Gasteiger partial charge in [-0.05, 0) is 61.0 Å². The van der Waals surface area contributed by atoms with Crippen LogP contribution >= 0.6 is 11.3 Å². The molecule has 2 N–H and O–H groups in total. The third kappa shape index (κ3) is 4.48. The van der Waals surface area contributed by atoms with Gasteiger partial charge in [-0.25, -0.2) is 0 Å². The van der Waals surface area contributed by atoms with Gasteiger partial charge in [-0.2, -0.15) is 0 Å². The van der Waals surface area contributed by atoms with E-state index in [1.54, 1.807) is 11.3 Å². The van der Waals surface area contributed by atoms with E-state index in [-0.39, 0.29) is 18.6 Å². The van der Waals surface area contributed by atoms with Crippen molar-refractivity contribution in [2.24, 2.45) is 0 Å². The average molecular weight is 359 g/mol. The molecular weight excluding hydrogens is 332 g/mol. The summed E-state index contributed by atoms with van der Waals surface area (Å²) in [7, 11) is 0. The first kappa shape index (κ1) is 18.1. The first-order valence-electron chi connectivity index (χ1n) is 8.96. The molecule has 0 spiro atoms. The third-order valence-corrected chi connectivity index (χ3v) is 5.98. The van der Waals surface area contributed by atoms with Crippen molar-refractivity contribution in [2.75, 3.05) is 26.2 Å². The molecule has 1 atom stereocenters. The fourth-order valence-electron chi connectivity index (χ4n) is 3.42. The van der Waals surface area contributed by atoms with Gasteiger partial charge in [-0.3, -0.25) is 9.69 Å². The average Bonchev–Trinajstić information content (AvgIpc) is 3.08. The molecule has 0 aliphatic carbocycles. The smallest absolute Gasteiger partial charge is 0.251 e. The number of piperidine rings is 1. The molecule has 2 aromatic rings. The van der Waals surface area contributed by atoms with Gasteiger partial charge in [-0.15, -0.1) is 11.3 Å². The van der Waals surface area contributed by atoms with Crippen molar-refractivity contribution in [2.45, 2.75) is 32.2 Å². The first-order valence-corrected chi connectivity index (χ1v) is 9.84. The van der Waals surface area contributed by atoms with Crippen LogP contribution < -0.4 is 5.32 Å². The number of hydrogen-bond donors (Lipinski definition) is 2. The van der Waals surface area contributed by atoms with Crippen molar-refractivity contribution in [3.05, 3.63) is 46.8 Å². The molecule has 5 heteroatoms. The molecule has 4 nitrogen and oxygen atoms in total. The molecule has 1 fully saturated rings. The molecule has 1 aliphatic heterocycles. The molecule has 1 aromatic heterocycles. The number of aliphatic hydroxyl groups excluding tert-OH is 1. The van der Waals surface area contributed by atoms with Crippen LogP contribution in [0.15, 0.2) is 35.7 Å². The zero-order valence-electron chi connectivity index (χ0n) is 14.7. The molecule has 1 aliphatic rings. The van der Waals surface area contributed by atoms with Gasteiger partial charge in [0.05, 0.1) is 6.61 Å². The standard InChI is InChI=1S/C20H26N2O2S/c1-15-9-13-25-19(15)16-5-7-17(8-6-16)20(24)21-10-12-22-11-3-2-4-18(22)14-23/h5-9,13,18,23H,2-4,10-12,14H2,1H3,(H,21,24)/t18-/m1/s1. The van der Waals surface area contributed by atoms with Gasteiger partial charge in [-0.1, -0.05) is 18.6 Å². The number of carbonyl (C=O) groups excluding carboxylic acids is 1. The minimum atomic E-state index is -0.0352. The van der Waals surface area contributed by atoms with Crippen LogP contribution in [-0.2, 0) is 0 Å². The first-order chi connectivity index (χ1) is 12.2. The van der Waals surface area contributed by atoms with Gasteiger partial charge in [0.25, 0.3) is 5.91 Å². The van der Waals surface area contributed by atoms with Crippen molar-refractivity contribution >= 4 is 17.2 Å². The highest BCUT2D eigenvalue weighted by Gasteiger charge is 2.21. The summed E-state index contributed by atoms with van der Waals surface area (Å²) in [5, 5.41) is 14.5. The molecule has 0 radical (unpaired) electrons. The monoisotopic (exact) mass is 358 g/mol. The number of carbonyl (C=O) groups is 1. The maximum absolute atomic E-state index is 12.3. The van der Waals surface area contributed by atoms with Crippen LogP contribution in [0.4, 0.5) is 0 Å². The number of benzene rings is 1. The van der Waals surface area contributed by atoms with E-state index in [0.717, 1.165) is 25.1 Å². The summed E-state index contributed by atoms with van der Waals surface area (Å²) in [6.07, 6.45) is 3.41. The van der Waals surface area contributed by atoms with Crippen LogP contribution in [0.25, 0.3) is 10.4 Å². The summed E-state index contributed by atoms with van der Waals surface area (Å²) in [6, 6.07) is 10.2. The topological polar surface area (TPSA) is 52.6 Å². The Bertz CT molecular complexity index is 696.